The molecule has 6 heteroatoms. The number of hydrogen-bond donors (Lipinski definition) is 2. The van der Waals surface area contributed by atoms with E-state index in [2.05, 4.69) is 20.6 Å². The molecule has 0 aliphatic heterocycles. The zero-order valence-electron chi connectivity index (χ0n) is 11.7. The fraction of sp³-hybridized carbons (Fsp3) is 0.0625. The van der Waals surface area contributed by atoms with Crippen LogP contribution in [0.2, 0.25) is 0 Å². The molecule has 3 aromatic rings. The molecule has 0 saturated heterocycles. The van der Waals surface area contributed by atoms with Crippen molar-refractivity contribution in [3.05, 3.63) is 70.8 Å². The van der Waals surface area contributed by atoms with E-state index >= 15 is 0 Å². The molecule has 2 aromatic heterocycles. The largest absolute Gasteiger partial charge is 0.324 e. The molecule has 0 bridgehead atoms. The molecule has 2 N–H and O–H groups in total. The van der Waals surface area contributed by atoms with Crippen LogP contribution in [0.4, 0.5) is 16.3 Å². The summed E-state index contributed by atoms with van der Waals surface area (Å²) in [7, 11) is 0. The monoisotopic (exact) mass is 310 g/mol. The second kappa shape index (κ2) is 6.82. The Morgan fingerprint density at radius 1 is 1.09 bits per heavy atom. The smallest absolute Gasteiger partial charge is 0.308 e. The Kier molecular flexibility index (Phi) is 4.41. The third-order valence-electron chi connectivity index (χ3n) is 2.98. The van der Waals surface area contributed by atoms with Gasteiger partial charge in [-0.05, 0) is 29.8 Å². The molecule has 0 spiro atoms. The zero-order chi connectivity index (χ0) is 15.2. The van der Waals surface area contributed by atoms with E-state index < -0.39 is 0 Å². The molecular weight excluding hydrogens is 296 g/mol. The Morgan fingerprint density at radius 2 is 1.95 bits per heavy atom. The van der Waals surface area contributed by atoms with Gasteiger partial charge in [-0.25, -0.2) is 9.78 Å². The number of pyridine rings is 1. The van der Waals surface area contributed by atoms with Crippen molar-refractivity contribution in [2.75, 3.05) is 10.6 Å². The predicted octanol–water partition coefficient (Wildman–Crippen LogP) is 3.77. The molecule has 0 unspecified atom stereocenters. The Morgan fingerprint density at radius 3 is 2.64 bits per heavy atom. The lowest BCUT2D eigenvalue weighted by Gasteiger charge is -2.07. The van der Waals surface area contributed by atoms with E-state index in [0.29, 0.717) is 5.82 Å². The number of urea groups is 1. The normalized spacial score (nSPS) is 10.2. The predicted molar refractivity (Wildman–Crippen MR) is 88.2 cm³/mol. The molecule has 0 aliphatic rings. The average Bonchev–Trinajstić information content (AvgIpc) is 3.03. The number of thiazole rings is 1. The fourth-order valence-corrected chi connectivity index (χ4v) is 2.58. The van der Waals surface area contributed by atoms with E-state index in [1.807, 2.05) is 42.0 Å². The molecule has 22 heavy (non-hydrogen) atoms. The Hall–Kier alpha value is -2.73. The SMILES string of the molecule is O=C(Nc1ccc(Cc2cncs2)cc1)Nc1ccccn1. The van der Waals surface area contributed by atoms with Crippen molar-refractivity contribution in [3.8, 4) is 0 Å². The van der Waals surface area contributed by atoms with Gasteiger partial charge < -0.3 is 5.32 Å². The van der Waals surface area contributed by atoms with Gasteiger partial charge in [0.1, 0.15) is 5.82 Å². The van der Waals surface area contributed by atoms with Crippen molar-refractivity contribution in [2.24, 2.45) is 0 Å². The lowest BCUT2D eigenvalue weighted by Crippen LogP contribution is -2.19. The van der Waals surface area contributed by atoms with Crippen LogP contribution in [-0.2, 0) is 6.42 Å². The highest BCUT2D eigenvalue weighted by Gasteiger charge is 2.03. The highest BCUT2D eigenvalue weighted by Crippen LogP contribution is 2.16. The van der Waals surface area contributed by atoms with Gasteiger partial charge in [-0.1, -0.05) is 18.2 Å². The Labute approximate surface area is 132 Å². The molecule has 3 rings (SSSR count). The van der Waals surface area contributed by atoms with Crippen molar-refractivity contribution < 1.29 is 4.79 Å². The molecule has 0 atom stereocenters. The fourth-order valence-electron chi connectivity index (χ4n) is 1.95. The van der Waals surface area contributed by atoms with Crippen molar-refractivity contribution in [2.45, 2.75) is 6.42 Å². The number of anilines is 2. The number of rotatable bonds is 4. The van der Waals surface area contributed by atoms with Gasteiger partial charge in [0.2, 0.25) is 0 Å². The maximum absolute atomic E-state index is 11.9. The molecule has 0 radical (unpaired) electrons. The van der Waals surface area contributed by atoms with E-state index in [1.165, 1.54) is 10.4 Å². The molecular formula is C16H14N4OS. The topological polar surface area (TPSA) is 66.9 Å². The number of carbonyl (C=O) groups is 1. The van der Waals surface area contributed by atoms with Gasteiger partial charge >= 0.3 is 6.03 Å². The summed E-state index contributed by atoms with van der Waals surface area (Å²) in [5, 5.41) is 5.45. The molecule has 2 heterocycles. The van der Waals surface area contributed by atoms with E-state index in [1.54, 1.807) is 29.7 Å². The van der Waals surface area contributed by atoms with Gasteiger partial charge in [-0.15, -0.1) is 11.3 Å². The maximum atomic E-state index is 11.9. The summed E-state index contributed by atoms with van der Waals surface area (Å²) in [6.45, 7) is 0. The van der Waals surface area contributed by atoms with E-state index in [0.717, 1.165) is 12.1 Å². The third-order valence-corrected chi connectivity index (χ3v) is 3.76. The van der Waals surface area contributed by atoms with Crippen LogP contribution in [0.25, 0.3) is 0 Å². The van der Waals surface area contributed by atoms with Gasteiger partial charge in [-0.3, -0.25) is 10.3 Å². The Balaban J connectivity index is 1.57. The number of amides is 2. The van der Waals surface area contributed by atoms with Gasteiger partial charge in [0.25, 0.3) is 0 Å². The first-order valence-corrected chi connectivity index (χ1v) is 7.63. The van der Waals surface area contributed by atoms with E-state index in [4.69, 9.17) is 0 Å². The van der Waals surface area contributed by atoms with Gasteiger partial charge in [0.15, 0.2) is 0 Å². The summed E-state index contributed by atoms with van der Waals surface area (Å²) in [4.78, 5) is 21.2. The summed E-state index contributed by atoms with van der Waals surface area (Å²) in [5.41, 5.74) is 3.74. The van der Waals surface area contributed by atoms with Crippen LogP contribution >= 0.6 is 11.3 Å². The molecule has 0 saturated carbocycles. The summed E-state index contributed by atoms with van der Waals surface area (Å²) >= 11 is 1.64. The van der Waals surface area contributed by atoms with E-state index in [-0.39, 0.29) is 6.03 Å². The molecule has 5 nitrogen and oxygen atoms in total. The lowest BCUT2D eigenvalue weighted by atomic mass is 10.1. The zero-order valence-corrected chi connectivity index (χ0v) is 12.5. The first kappa shape index (κ1) is 14.2. The van der Waals surface area contributed by atoms with Crippen molar-refractivity contribution in [1.82, 2.24) is 9.97 Å². The summed E-state index contributed by atoms with van der Waals surface area (Å²) < 4.78 is 0. The second-order valence-corrected chi connectivity index (χ2v) is 5.61. The minimum atomic E-state index is -0.311. The number of aromatic nitrogens is 2. The number of hydrogen-bond acceptors (Lipinski definition) is 4. The third kappa shape index (κ3) is 3.89. The first-order valence-electron chi connectivity index (χ1n) is 6.75. The molecule has 1 aromatic carbocycles. The van der Waals surface area contributed by atoms with Crippen LogP contribution in [0.1, 0.15) is 10.4 Å². The van der Waals surface area contributed by atoms with Crippen LogP contribution in [-0.4, -0.2) is 16.0 Å². The maximum Gasteiger partial charge on any atom is 0.324 e. The molecule has 110 valence electrons. The van der Waals surface area contributed by atoms with Crippen LogP contribution in [0.5, 0.6) is 0 Å². The molecule has 0 fully saturated rings. The second-order valence-electron chi connectivity index (χ2n) is 4.64. The number of carbonyl (C=O) groups excluding carboxylic acids is 1. The summed E-state index contributed by atoms with van der Waals surface area (Å²) in [6.07, 6.45) is 4.35. The van der Waals surface area contributed by atoms with Crippen LogP contribution < -0.4 is 10.6 Å². The van der Waals surface area contributed by atoms with E-state index in [9.17, 15) is 4.79 Å². The van der Waals surface area contributed by atoms with Gasteiger partial charge in [0.05, 0.1) is 5.51 Å². The standard InChI is InChI=1S/C16H14N4OS/c21-16(20-15-3-1-2-8-18-15)19-13-6-4-12(5-7-13)9-14-10-17-11-22-14/h1-8,10-11H,9H2,(H2,18,19,20,21). The van der Waals surface area contributed by atoms with Crippen LogP contribution in [0, 0.1) is 0 Å². The number of nitrogens with zero attached hydrogens (tertiary/aromatic N) is 2. The number of nitrogens with one attached hydrogen (secondary N) is 2. The van der Waals surface area contributed by atoms with Crippen molar-refractivity contribution in [3.63, 3.8) is 0 Å². The number of benzene rings is 1. The highest BCUT2D eigenvalue weighted by atomic mass is 32.1. The Bertz CT molecular complexity index is 727. The van der Waals surface area contributed by atoms with Gasteiger partial charge in [-0.2, -0.15) is 0 Å². The van der Waals surface area contributed by atoms with Crippen LogP contribution in [0.3, 0.4) is 0 Å². The summed E-state index contributed by atoms with van der Waals surface area (Å²) in [6, 6.07) is 12.8. The quantitative estimate of drug-likeness (QED) is 0.771. The molecule has 2 amide bonds. The average molecular weight is 310 g/mol. The summed E-state index contributed by atoms with van der Waals surface area (Å²) in [5.74, 6) is 0.516. The first-order chi connectivity index (χ1) is 10.8. The van der Waals surface area contributed by atoms with Crippen molar-refractivity contribution >= 4 is 28.9 Å². The minimum absolute atomic E-state index is 0.311. The minimum Gasteiger partial charge on any atom is -0.308 e. The van der Waals surface area contributed by atoms with Crippen molar-refractivity contribution in [1.29, 1.82) is 0 Å². The van der Waals surface area contributed by atoms with Crippen LogP contribution in [0.15, 0.2) is 60.4 Å². The lowest BCUT2D eigenvalue weighted by molar-refractivity contribution is 0.262. The highest BCUT2D eigenvalue weighted by molar-refractivity contribution is 7.09. The van der Waals surface area contributed by atoms with Gasteiger partial charge in [0, 0.05) is 29.4 Å². The molecule has 0 aliphatic carbocycles.